The molecule has 18 heavy (non-hydrogen) atoms. The zero-order chi connectivity index (χ0) is 13.4. The average molecular weight is 254 g/mol. The summed E-state index contributed by atoms with van der Waals surface area (Å²) in [7, 11) is 1.48. The summed E-state index contributed by atoms with van der Waals surface area (Å²) in [5.74, 6) is -1.28. The van der Waals surface area contributed by atoms with E-state index in [1.165, 1.54) is 7.05 Å². The second-order valence-corrected chi connectivity index (χ2v) is 4.04. The molecule has 0 unspecified atom stereocenters. The summed E-state index contributed by atoms with van der Waals surface area (Å²) in [6.07, 6.45) is 6.26. The highest BCUT2D eigenvalue weighted by atomic mass is 16.5. The maximum Gasteiger partial charge on any atom is 0.309 e. The van der Waals surface area contributed by atoms with Crippen molar-refractivity contribution in [3.05, 3.63) is 12.2 Å². The third kappa shape index (κ3) is 4.99. The van der Waals surface area contributed by atoms with E-state index in [1.807, 2.05) is 12.2 Å². The van der Waals surface area contributed by atoms with Crippen LogP contribution >= 0.6 is 0 Å². The van der Waals surface area contributed by atoms with Gasteiger partial charge < -0.3 is 15.4 Å². The molecule has 0 aromatic heterocycles. The molecule has 0 aromatic rings. The topological polar surface area (TPSA) is 84.5 Å². The molecule has 6 heteroatoms. The van der Waals surface area contributed by atoms with Gasteiger partial charge in [0.1, 0.15) is 0 Å². The maximum atomic E-state index is 11.6. The minimum atomic E-state index is -0.474. The van der Waals surface area contributed by atoms with Gasteiger partial charge in [-0.15, -0.1) is 0 Å². The highest BCUT2D eigenvalue weighted by Crippen LogP contribution is 2.19. The highest BCUT2D eigenvalue weighted by Gasteiger charge is 2.20. The molecule has 1 aliphatic carbocycles. The minimum absolute atomic E-state index is 0.112. The lowest BCUT2D eigenvalue weighted by Crippen LogP contribution is -2.37. The molecule has 2 N–H and O–H groups in total. The van der Waals surface area contributed by atoms with Crippen LogP contribution in [-0.4, -0.2) is 38.0 Å². The van der Waals surface area contributed by atoms with Crippen LogP contribution in [-0.2, 0) is 19.1 Å². The van der Waals surface area contributed by atoms with Gasteiger partial charge in [-0.3, -0.25) is 14.4 Å². The van der Waals surface area contributed by atoms with Crippen LogP contribution in [0.1, 0.15) is 19.3 Å². The van der Waals surface area contributed by atoms with Gasteiger partial charge in [-0.2, -0.15) is 0 Å². The lowest BCUT2D eigenvalue weighted by atomic mass is 9.95. The van der Waals surface area contributed by atoms with Crippen LogP contribution in [0, 0.1) is 5.92 Å². The number of hydrogen-bond donors (Lipinski definition) is 2. The number of amides is 2. The van der Waals surface area contributed by atoms with Crippen LogP contribution in [0.4, 0.5) is 0 Å². The molecule has 6 nitrogen and oxygen atoms in total. The summed E-state index contributed by atoms with van der Waals surface area (Å²) >= 11 is 0. The molecule has 0 spiro atoms. The van der Waals surface area contributed by atoms with Gasteiger partial charge in [-0.1, -0.05) is 12.2 Å². The molecule has 0 aliphatic heterocycles. The fraction of sp³-hybridized carbons (Fsp3) is 0.583. The highest BCUT2D eigenvalue weighted by molar-refractivity contribution is 5.86. The first-order valence-corrected chi connectivity index (χ1v) is 5.92. The number of nitrogens with one attached hydrogen (secondary N) is 2. The van der Waals surface area contributed by atoms with E-state index >= 15 is 0 Å². The lowest BCUT2D eigenvalue weighted by Gasteiger charge is -2.16. The Morgan fingerprint density at radius 1 is 1.28 bits per heavy atom. The van der Waals surface area contributed by atoms with Crippen LogP contribution in [0.2, 0.25) is 0 Å². The van der Waals surface area contributed by atoms with Gasteiger partial charge in [-0.25, -0.2) is 0 Å². The summed E-state index contributed by atoms with van der Waals surface area (Å²) in [6.45, 7) is -0.449. The molecule has 0 saturated heterocycles. The normalized spacial score (nSPS) is 17.9. The molecule has 0 fully saturated rings. The molecular formula is C12H18N2O4. The van der Waals surface area contributed by atoms with Crippen LogP contribution < -0.4 is 10.6 Å². The van der Waals surface area contributed by atoms with Crippen molar-refractivity contribution < 1.29 is 19.1 Å². The van der Waals surface area contributed by atoms with Crippen molar-refractivity contribution in [1.29, 1.82) is 0 Å². The number of likely N-dealkylation sites (N-methyl/N-ethyl adjacent to an activating group) is 1. The minimum Gasteiger partial charge on any atom is -0.455 e. The molecule has 0 saturated carbocycles. The van der Waals surface area contributed by atoms with E-state index in [0.717, 1.165) is 12.8 Å². The van der Waals surface area contributed by atoms with Gasteiger partial charge in [-0.05, 0) is 19.3 Å². The Kier molecular flexibility index (Phi) is 5.90. The predicted molar refractivity (Wildman–Crippen MR) is 64.5 cm³/mol. The summed E-state index contributed by atoms with van der Waals surface area (Å²) in [4.78, 5) is 33.7. The van der Waals surface area contributed by atoms with E-state index in [4.69, 9.17) is 4.74 Å². The standard InChI is InChI=1S/C12H18N2O4/c1-13-10(15)7-14-11(16)8-18-12(17)9-5-3-2-4-6-9/h2-3,9H,4-8H2,1H3,(H,13,15)(H,14,16)/t9-/m0/s1. The van der Waals surface area contributed by atoms with Crippen molar-refractivity contribution in [1.82, 2.24) is 10.6 Å². The van der Waals surface area contributed by atoms with Gasteiger partial charge in [0.05, 0.1) is 12.5 Å². The largest absolute Gasteiger partial charge is 0.455 e. The predicted octanol–water partition coefficient (Wildman–Crippen LogP) is -0.252. The van der Waals surface area contributed by atoms with Crippen LogP contribution in [0.25, 0.3) is 0 Å². The van der Waals surface area contributed by atoms with E-state index in [-0.39, 0.29) is 30.9 Å². The van der Waals surface area contributed by atoms with E-state index in [1.54, 1.807) is 0 Å². The SMILES string of the molecule is CNC(=O)CNC(=O)COC(=O)[C@H]1CC=CCC1. The van der Waals surface area contributed by atoms with Gasteiger partial charge in [0.2, 0.25) is 5.91 Å². The molecule has 1 atom stereocenters. The third-order valence-electron chi connectivity index (χ3n) is 2.67. The molecule has 0 heterocycles. The monoisotopic (exact) mass is 254 g/mol. The first-order valence-electron chi connectivity index (χ1n) is 5.92. The van der Waals surface area contributed by atoms with Crippen LogP contribution in [0.15, 0.2) is 12.2 Å². The summed E-state index contributed by atoms with van der Waals surface area (Å²) < 4.78 is 4.89. The van der Waals surface area contributed by atoms with Crippen LogP contribution in [0.3, 0.4) is 0 Å². The molecule has 1 rings (SSSR count). The number of carbonyl (C=O) groups excluding carboxylic acids is 3. The number of esters is 1. The molecule has 100 valence electrons. The smallest absolute Gasteiger partial charge is 0.309 e. The Morgan fingerprint density at radius 2 is 2.06 bits per heavy atom. The molecular weight excluding hydrogens is 236 g/mol. The van der Waals surface area contributed by atoms with E-state index < -0.39 is 5.91 Å². The average Bonchev–Trinajstić information content (AvgIpc) is 2.42. The van der Waals surface area contributed by atoms with Crippen molar-refractivity contribution in [2.24, 2.45) is 5.92 Å². The Bertz CT molecular complexity index is 352. The zero-order valence-electron chi connectivity index (χ0n) is 10.4. The van der Waals surface area contributed by atoms with E-state index in [0.29, 0.717) is 6.42 Å². The molecule has 0 radical (unpaired) electrons. The van der Waals surface area contributed by atoms with Gasteiger partial charge >= 0.3 is 5.97 Å². The second kappa shape index (κ2) is 7.47. The molecule has 0 aromatic carbocycles. The quantitative estimate of drug-likeness (QED) is 0.523. The number of allylic oxidation sites excluding steroid dienone is 2. The van der Waals surface area contributed by atoms with E-state index in [9.17, 15) is 14.4 Å². The Morgan fingerprint density at radius 3 is 2.67 bits per heavy atom. The van der Waals surface area contributed by atoms with Crippen molar-refractivity contribution in [2.45, 2.75) is 19.3 Å². The first kappa shape index (κ1) is 14.2. The van der Waals surface area contributed by atoms with Crippen molar-refractivity contribution >= 4 is 17.8 Å². The third-order valence-corrected chi connectivity index (χ3v) is 2.67. The van der Waals surface area contributed by atoms with Gasteiger partial charge in [0.15, 0.2) is 6.61 Å². The zero-order valence-corrected chi connectivity index (χ0v) is 10.4. The summed E-state index contributed by atoms with van der Waals surface area (Å²) in [6, 6.07) is 0. The molecule has 1 aliphatic rings. The number of carbonyl (C=O) groups is 3. The maximum absolute atomic E-state index is 11.6. The van der Waals surface area contributed by atoms with Crippen molar-refractivity contribution in [3.63, 3.8) is 0 Å². The van der Waals surface area contributed by atoms with Crippen molar-refractivity contribution in [3.8, 4) is 0 Å². The lowest BCUT2D eigenvalue weighted by molar-refractivity contribution is -0.152. The Labute approximate surface area is 106 Å². The van der Waals surface area contributed by atoms with E-state index in [2.05, 4.69) is 10.6 Å². The van der Waals surface area contributed by atoms with Crippen LogP contribution in [0.5, 0.6) is 0 Å². The number of rotatable bonds is 5. The second-order valence-electron chi connectivity index (χ2n) is 4.04. The van der Waals surface area contributed by atoms with Crippen molar-refractivity contribution in [2.75, 3.05) is 20.2 Å². The molecule has 0 bridgehead atoms. The summed E-state index contributed by atoms with van der Waals surface area (Å²) in [5.41, 5.74) is 0. The van der Waals surface area contributed by atoms with Gasteiger partial charge in [0.25, 0.3) is 5.91 Å². The Balaban J connectivity index is 2.19. The Hall–Kier alpha value is -1.85. The fourth-order valence-corrected chi connectivity index (χ4v) is 1.58. The van der Waals surface area contributed by atoms with Gasteiger partial charge in [0, 0.05) is 7.05 Å². The fourth-order valence-electron chi connectivity index (χ4n) is 1.58. The summed E-state index contributed by atoms with van der Waals surface area (Å²) in [5, 5.41) is 4.72. The number of ether oxygens (including phenoxy) is 1. The molecule has 2 amide bonds. The number of hydrogen-bond acceptors (Lipinski definition) is 4. The first-order chi connectivity index (χ1) is 8.63.